The van der Waals surface area contributed by atoms with Crippen LogP contribution in [-0.4, -0.2) is 17.6 Å². The van der Waals surface area contributed by atoms with Crippen molar-refractivity contribution in [3.8, 4) is 17.1 Å². The standard InChI is InChI=1S/C20H16Cl3NO4/c1-11-6-12(21)7-17(23)20(11)27-10-19(26)24-13-2-4-15(16(22)8-13)18-5-3-14(9-25)28-18/h2-8,25H,9-10H2,1H3,(H,24,26). The van der Waals surface area contributed by atoms with Crippen LogP contribution in [0.1, 0.15) is 11.3 Å². The molecule has 2 N–H and O–H groups in total. The number of rotatable bonds is 6. The van der Waals surface area contributed by atoms with Crippen LogP contribution in [0, 0.1) is 6.92 Å². The fraction of sp³-hybridized carbons (Fsp3) is 0.150. The summed E-state index contributed by atoms with van der Waals surface area (Å²) in [5.41, 5.74) is 1.90. The van der Waals surface area contributed by atoms with E-state index in [0.717, 1.165) is 5.56 Å². The summed E-state index contributed by atoms with van der Waals surface area (Å²) >= 11 is 18.3. The summed E-state index contributed by atoms with van der Waals surface area (Å²) in [4.78, 5) is 12.2. The van der Waals surface area contributed by atoms with E-state index in [2.05, 4.69) is 5.32 Å². The Kier molecular flexibility index (Phi) is 6.52. The van der Waals surface area contributed by atoms with Crippen molar-refractivity contribution in [1.29, 1.82) is 0 Å². The molecular weight excluding hydrogens is 425 g/mol. The molecule has 0 atom stereocenters. The summed E-state index contributed by atoms with van der Waals surface area (Å²) < 4.78 is 11.0. The molecular formula is C20H16Cl3NO4. The van der Waals surface area contributed by atoms with Crippen LogP contribution in [0.5, 0.6) is 5.75 Å². The summed E-state index contributed by atoms with van der Waals surface area (Å²) in [5.74, 6) is 1.02. The largest absolute Gasteiger partial charge is 0.482 e. The minimum atomic E-state index is -0.366. The van der Waals surface area contributed by atoms with Gasteiger partial charge in [-0.05, 0) is 55.0 Å². The highest BCUT2D eigenvalue weighted by Crippen LogP contribution is 2.33. The maximum atomic E-state index is 12.2. The molecule has 28 heavy (non-hydrogen) atoms. The van der Waals surface area contributed by atoms with Gasteiger partial charge in [-0.2, -0.15) is 0 Å². The lowest BCUT2D eigenvalue weighted by molar-refractivity contribution is -0.118. The molecule has 0 spiro atoms. The van der Waals surface area contributed by atoms with Crippen LogP contribution in [0.2, 0.25) is 15.1 Å². The number of aryl methyl sites for hydroxylation is 1. The third-order valence-corrected chi connectivity index (χ3v) is 4.69. The molecule has 1 heterocycles. The highest BCUT2D eigenvalue weighted by molar-refractivity contribution is 6.35. The van der Waals surface area contributed by atoms with E-state index in [1.165, 1.54) is 0 Å². The second-order valence-electron chi connectivity index (χ2n) is 5.99. The lowest BCUT2D eigenvalue weighted by Crippen LogP contribution is -2.20. The van der Waals surface area contributed by atoms with Gasteiger partial charge in [0.05, 0.1) is 10.0 Å². The Balaban J connectivity index is 1.65. The molecule has 0 saturated heterocycles. The van der Waals surface area contributed by atoms with Crippen LogP contribution in [0.3, 0.4) is 0 Å². The Labute approximate surface area is 176 Å². The molecule has 3 aromatic rings. The van der Waals surface area contributed by atoms with E-state index in [1.54, 1.807) is 49.4 Å². The maximum absolute atomic E-state index is 12.2. The van der Waals surface area contributed by atoms with Crippen molar-refractivity contribution in [3.63, 3.8) is 0 Å². The molecule has 0 aliphatic heterocycles. The number of ether oxygens (including phenoxy) is 1. The van der Waals surface area contributed by atoms with Gasteiger partial charge in [-0.25, -0.2) is 0 Å². The molecule has 0 aliphatic rings. The van der Waals surface area contributed by atoms with Crippen LogP contribution >= 0.6 is 34.8 Å². The number of nitrogens with one attached hydrogen (secondary N) is 1. The Morgan fingerprint density at radius 2 is 1.89 bits per heavy atom. The van der Waals surface area contributed by atoms with Crippen molar-refractivity contribution < 1.29 is 19.1 Å². The van der Waals surface area contributed by atoms with E-state index in [0.29, 0.717) is 43.6 Å². The van der Waals surface area contributed by atoms with Crippen LogP contribution in [0.4, 0.5) is 5.69 Å². The summed E-state index contributed by atoms with van der Waals surface area (Å²) in [6, 6.07) is 11.7. The number of hydrogen-bond acceptors (Lipinski definition) is 4. The van der Waals surface area contributed by atoms with Crippen LogP contribution < -0.4 is 10.1 Å². The maximum Gasteiger partial charge on any atom is 0.262 e. The van der Waals surface area contributed by atoms with Crippen LogP contribution in [0.15, 0.2) is 46.9 Å². The van der Waals surface area contributed by atoms with Crippen LogP contribution in [-0.2, 0) is 11.4 Å². The Bertz CT molecular complexity index is 993. The second kappa shape index (κ2) is 8.88. The van der Waals surface area contributed by atoms with Gasteiger partial charge in [-0.3, -0.25) is 4.79 Å². The van der Waals surface area contributed by atoms with E-state index in [1.807, 2.05) is 0 Å². The first-order chi connectivity index (χ1) is 13.4. The first kappa shape index (κ1) is 20.6. The lowest BCUT2D eigenvalue weighted by Gasteiger charge is -2.12. The second-order valence-corrected chi connectivity index (χ2v) is 7.24. The highest BCUT2D eigenvalue weighted by Gasteiger charge is 2.13. The number of aliphatic hydroxyl groups is 1. The number of benzene rings is 2. The van der Waals surface area contributed by atoms with Gasteiger partial charge in [0.25, 0.3) is 5.91 Å². The molecule has 1 aromatic heterocycles. The number of carbonyl (C=O) groups excluding carboxylic acids is 1. The highest BCUT2D eigenvalue weighted by atomic mass is 35.5. The third-order valence-electron chi connectivity index (χ3n) is 3.88. The molecule has 0 bridgehead atoms. The molecule has 3 rings (SSSR count). The van der Waals surface area contributed by atoms with Crippen molar-refractivity contribution >= 4 is 46.4 Å². The zero-order chi connectivity index (χ0) is 20.3. The molecule has 2 aromatic carbocycles. The topological polar surface area (TPSA) is 71.7 Å². The predicted molar refractivity (Wildman–Crippen MR) is 110 cm³/mol. The molecule has 5 nitrogen and oxygen atoms in total. The van der Waals surface area contributed by atoms with E-state index in [9.17, 15) is 4.79 Å². The third kappa shape index (κ3) is 4.80. The molecule has 0 fully saturated rings. The molecule has 1 amide bonds. The molecule has 8 heteroatoms. The van der Waals surface area contributed by atoms with Crippen molar-refractivity contribution in [2.45, 2.75) is 13.5 Å². The molecule has 0 saturated carbocycles. The average Bonchev–Trinajstić information content (AvgIpc) is 3.09. The monoisotopic (exact) mass is 439 g/mol. The number of halogens is 3. The Hall–Kier alpha value is -2.18. The number of furan rings is 1. The van der Waals surface area contributed by atoms with Gasteiger partial charge in [-0.1, -0.05) is 34.8 Å². The number of carbonyl (C=O) groups is 1. The summed E-state index contributed by atoms with van der Waals surface area (Å²) in [6.45, 7) is 1.38. The minimum Gasteiger partial charge on any atom is -0.482 e. The zero-order valence-corrected chi connectivity index (χ0v) is 17.0. The first-order valence-electron chi connectivity index (χ1n) is 8.25. The molecule has 0 aliphatic carbocycles. The number of aliphatic hydroxyl groups excluding tert-OH is 1. The number of anilines is 1. The summed E-state index contributed by atoms with van der Waals surface area (Å²) in [7, 11) is 0. The fourth-order valence-electron chi connectivity index (χ4n) is 2.61. The Morgan fingerprint density at radius 1 is 1.11 bits per heavy atom. The molecule has 0 unspecified atom stereocenters. The van der Waals surface area contributed by atoms with Gasteiger partial charge in [0.2, 0.25) is 0 Å². The van der Waals surface area contributed by atoms with E-state index in [-0.39, 0.29) is 19.1 Å². The summed E-state index contributed by atoms with van der Waals surface area (Å²) in [5, 5.41) is 13.0. The van der Waals surface area contributed by atoms with Crippen LogP contribution in [0.25, 0.3) is 11.3 Å². The predicted octanol–water partition coefficient (Wildman–Crippen LogP) is 5.73. The SMILES string of the molecule is Cc1cc(Cl)cc(Cl)c1OCC(=O)Nc1ccc(-c2ccc(CO)o2)c(Cl)c1. The van der Waals surface area contributed by atoms with Gasteiger partial charge < -0.3 is 19.6 Å². The van der Waals surface area contributed by atoms with Crippen molar-refractivity contribution in [1.82, 2.24) is 0 Å². The van der Waals surface area contributed by atoms with Crippen molar-refractivity contribution in [3.05, 3.63) is 68.9 Å². The van der Waals surface area contributed by atoms with E-state index in [4.69, 9.17) is 49.1 Å². The van der Waals surface area contributed by atoms with Gasteiger partial charge in [0.15, 0.2) is 6.61 Å². The minimum absolute atomic E-state index is 0.192. The normalized spacial score (nSPS) is 10.8. The van der Waals surface area contributed by atoms with Gasteiger partial charge in [0.1, 0.15) is 23.9 Å². The zero-order valence-electron chi connectivity index (χ0n) is 14.8. The average molecular weight is 441 g/mol. The molecule has 0 radical (unpaired) electrons. The quantitative estimate of drug-likeness (QED) is 0.514. The first-order valence-corrected chi connectivity index (χ1v) is 9.38. The summed E-state index contributed by atoms with van der Waals surface area (Å²) in [6.07, 6.45) is 0. The van der Waals surface area contributed by atoms with Gasteiger partial charge in [0, 0.05) is 16.3 Å². The van der Waals surface area contributed by atoms with E-state index >= 15 is 0 Å². The number of amides is 1. The Morgan fingerprint density at radius 3 is 2.54 bits per heavy atom. The van der Waals surface area contributed by atoms with Gasteiger partial charge in [-0.15, -0.1) is 0 Å². The molecule has 146 valence electrons. The van der Waals surface area contributed by atoms with Gasteiger partial charge >= 0.3 is 0 Å². The fourth-order valence-corrected chi connectivity index (χ4v) is 3.53. The smallest absolute Gasteiger partial charge is 0.262 e. The van der Waals surface area contributed by atoms with Crippen molar-refractivity contribution in [2.24, 2.45) is 0 Å². The van der Waals surface area contributed by atoms with Crippen molar-refractivity contribution in [2.75, 3.05) is 11.9 Å². The number of hydrogen-bond donors (Lipinski definition) is 2. The van der Waals surface area contributed by atoms with E-state index < -0.39 is 0 Å². The lowest BCUT2D eigenvalue weighted by atomic mass is 10.1.